The van der Waals surface area contributed by atoms with Crippen molar-refractivity contribution in [1.29, 1.82) is 0 Å². The van der Waals surface area contributed by atoms with Crippen molar-refractivity contribution in [3.8, 4) is 0 Å². The van der Waals surface area contributed by atoms with E-state index in [1.54, 1.807) is 29.9 Å². The summed E-state index contributed by atoms with van der Waals surface area (Å²) in [5.74, 6) is -0.0937. The second-order valence-corrected chi connectivity index (χ2v) is 8.00. The van der Waals surface area contributed by atoms with Crippen LogP contribution in [0.2, 0.25) is 10.0 Å². The minimum absolute atomic E-state index is 0.0190. The molecule has 0 spiro atoms. The molecule has 152 valence electrons. The highest BCUT2D eigenvalue weighted by Crippen LogP contribution is 2.24. The van der Waals surface area contributed by atoms with Crippen LogP contribution in [0.25, 0.3) is 10.9 Å². The molecular formula is C19H18Cl2N4O3S. The van der Waals surface area contributed by atoms with Gasteiger partial charge in [-0.3, -0.25) is 14.2 Å². The summed E-state index contributed by atoms with van der Waals surface area (Å²) in [7, 11) is 1.57. The number of methoxy groups -OCH3 is 1. The van der Waals surface area contributed by atoms with E-state index in [2.05, 4.69) is 15.3 Å². The molecule has 1 amide bonds. The lowest BCUT2D eigenvalue weighted by molar-refractivity contribution is -0.113. The van der Waals surface area contributed by atoms with Gasteiger partial charge in [-0.25, -0.2) is 9.97 Å². The number of pyridine rings is 1. The minimum Gasteiger partial charge on any atom is -0.383 e. The Kier molecular flexibility index (Phi) is 7.13. The van der Waals surface area contributed by atoms with Crippen LogP contribution in [0.5, 0.6) is 0 Å². The maximum absolute atomic E-state index is 13.0. The number of hydrogen-bond donors (Lipinski definition) is 1. The van der Waals surface area contributed by atoms with Gasteiger partial charge in [0, 0.05) is 13.3 Å². The Bertz CT molecular complexity index is 1110. The molecule has 1 N–H and O–H groups in total. The number of carbonyl (C=O) groups is 1. The van der Waals surface area contributed by atoms with E-state index in [1.165, 1.54) is 12.3 Å². The normalized spacial score (nSPS) is 12.1. The summed E-state index contributed by atoms with van der Waals surface area (Å²) >= 11 is 13.0. The van der Waals surface area contributed by atoms with E-state index in [1.807, 2.05) is 13.0 Å². The first kappa shape index (κ1) is 21.6. The van der Waals surface area contributed by atoms with Gasteiger partial charge in [-0.1, -0.05) is 47.1 Å². The van der Waals surface area contributed by atoms with Crippen molar-refractivity contribution in [2.45, 2.75) is 18.1 Å². The Labute approximate surface area is 181 Å². The average Bonchev–Trinajstić information content (AvgIpc) is 2.69. The van der Waals surface area contributed by atoms with Crippen molar-refractivity contribution < 1.29 is 9.53 Å². The van der Waals surface area contributed by atoms with Crippen LogP contribution in [0.3, 0.4) is 0 Å². The van der Waals surface area contributed by atoms with Crippen molar-refractivity contribution in [2.75, 3.05) is 24.8 Å². The molecule has 0 saturated heterocycles. The van der Waals surface area contributed by atoms with E-state index in [0.29, 0.717) is 27.7 Å². The number of fused-ring (bicyclic) bond motifs is 1. The van der Waals surface area contributed by atoms with E-state index in [-0.39, 0.29) is 34.1 Å². The van der Waals surface area contributed by atoms with Gasteiger partial charge < -0.3 is 10.1 Å². The highest BCUT2D eigenvalue weighted by molar-refractivity contribution is 7.99. The molecule has 7 nitrogen and oxygen atoms in total. The number of thioether (sulfide) groups is 1. The molecule has 1 unspecified atom stereocenters. The van der Waals surface area contributed by atoms with E-state index in [9.17, 15) is 9.59 Å². The Morgan fingerprint density at radius 1 is 1.34 bits per heavy atom. The van der Waals surface area contributed by atoms with Gasteiger partial charge in [0.1, 0.15) is 0 Å². The molecule has 2 aromatic heterocycles. The third kappa shape index (κ3) is 5.08. The standard InChI is InChI=1S/C19H18Cl2N4O3S/c1-11(9-28-2)25-18(27)13-5-3-4-6-15(13)23-19(25)29-10-16(26)24-17-14(21)7-12(20)8-22-17/h3-8,11H,9-10H2,1-2H3,(H,22,24,26). The number of ether oxygens (including phenoxy) is 1. The van der Waals surface area contributed by atoms with E-state index in [4.69, 9.17) is 27.9 Å². The molecule has 10 heteroatoms. The number of carbonyl (C=O) groups excluding carboxylic acids is 1. The molecule has 0 aliphatic heterocycles. The van der Waals surface area contributed by atoms with Crippen molar-refractivity contribution in [3.63, 3.8) is 0 Å². The number of anilines is 1. The van der Waals surface area contributed by atoms with Crippen LogP contribution in [0.1, 0.15) is 13.0 Å². The van der Waals surface area contributed by atoms with Gasteiger partial charge in [0.2, 0.25) is 5.91 Å². The number of amides is 1. The average molecular weight is 453 g/mol. The first-order valence-electron chi connectivity index (χ1n) is 8.64. The molecule has 0 radical (unpaired) electrons. The summed E-state index contributed by atoms with van der Waals surface area (Å²) in [6, 6.07) is 8.35. The quantitative estimate of drug-likeness (QED) is 0.429. The zero-order valence-electron chi connectivity index (χ0n) is 15.7. The van der Waals surface area contributed by atoms with Gasteiger partial charge >= 0.3 is 0 Å². The zero-order valence-corrected chi connectivity index (χ0v) is 18.0. The number of benzene rings is 1. The maximum atomic E-state index is 13.0. The molecule has 1 atom stereocenters. The van der Waals surface area contributed by atoms with E-state index < -0.39 is 0 Å². The molecule has 0 bridgehead atoms. The molecule has 0 aliphatic rings. The van der Waals surface area contributed by atoms with Crippen LogP contribution in [0, 0.1) is 0 Å². The minimum atomic E-state index is -0.333. The largest absolute Gasteiger partial charge is 0.383 e. The van der Waals surface area contributed by atoms with Crippen LogP contribution < -0.4 is 10.9 Å². The fourth-order valence-electron chi connectivity index (χ4n) is 2.74. The SMILES string of the molecule is COCC(C)n1c(SCC(=O)Nc2ncc(Cl)cc2Cl)nc2ccccc2c1=O. The third-order valence-electron chi connectivity index (χ3n) is 4.02. The van der Waals surface area contributed by atoms with Crippen LogP contribution in [0.15, 0.2) is 46.5 Å². The zero-order chi connectivity index (χ0) is 21.0. The second kappa shape index (κ2) is 9.58. The van der Waals surface area contributed by atoms with Crippen LogP contribution in [0.4, 0.5) is 5.82 Å². The van der Waals surface area contributed by atoms with E-state index in [0.717, 1.165) is 11.8 Å². The molecule has 29 heavy (non-hydrogen) atoms. The molecule has 1 aromatic carbocycles. The monoisotopic (exact) mass is 452 g/mol. The maximum Gasteiger partial charge on any atom is 0.262 e. The van der Waals surface area contributed by atoms with Crippen molar-refractivity contribution in [1.82, 2.24) is 14.5 Å². The predicted octanol–water partition coefficient (Wildman–Crippen LogP) is 4.04. The van der Waals surface area contributed by atoms with E-state index >= 15 is 0 Å². The lowest BCUT2D eigenvalue weighted by Crippen LogP contribution is -2.29. The third-order valence-corrected chi connectivity index (χ3v) is 5.47. The Hall–Kier alpha value is -2.13. The van der Waals surface area contributed by atoms with Crippen LogP contribution in [-0.4, -0.2) is 39.9 Å². The van der Waals surface area contributed by atoms with Gasteiger partial charge in [-0.15, -0.1) is 0 Å². The number of nitrogens with zero attached hydrogens (tertiary/aromatic N) is 3. The Morgan fingerprint density at radius 2 is 2.10 bits per heavy atom. The number of para-hydroxylation sites is 1. The number of rotatable bonds is 7. The Balaban J connectivity index is 1.85. The number of hydrogen-bond acceptors (Lipinski definition) is 6. The van der Waals surface area contributed by atoms with Crippen LogP contribution in [-0.2, 0) is 9.53 Å². The molecule has 0 fully saturated rings. The summed E-state index contributed by atoms with van der Waals surface area (Å²) in [6.45, 7) is 2.20. The summed E-state index contributed by atoms with van der Waals surface area (Å²) in [5.41, 5.74) is 0.397. The molecule has 2 heterocycles. The number of halogens is 2. The lowest BCUT2D eigenvalue weighted by Gasteiger charge is -2.18. The van der Waals surface area contributed by atoms with Gasteiger partial charge in [-0.05, 0) is 25.1 Å². The van der Waals surface area contributed by atoms with Gasteiger partial charge in [-0.2, -0.15) is 0 Å². The first-order chi connectivity index (χ1) is 13.9. The summed E-state index contributed by atoms with van der Waals surface area (Å²) in [6.07, 6.45) is 1.39. The fraction of sp³-hybridized carbons (Fsp3) is 0.263. The highest BCUT2D eigenvalue weighted by Gasteiger charge is 2.18. The van der Waals surface area contributed by atoms with Crippen molar-refractivity contribution in [2.24, 2.45) is 0 Å². The summed E-state index contributed by atoms with van der Waals surface area (Å²) in [5, 5.41) is 4.20. The van der Waals surface area contributed by atoms with Crippen molar-refractivity contribution >= 4 is 57.6 Å². The number of nitrogens with one attached hydrogen (secondary N) is 1. The molecule has 3 aromatic rings. The Morgan fingerprint density at radius 3 is 2.83 bits per heavy atom. The fourth-order valence-corrected chi connectivity index (χ4v) is 4.06. The lowest BCUT2D eigenvalue weighted by atomic mass is 10.2. The smallest absolute Gasteiger partial charge is 0.262 e. The van der Waals surface area contributed by atoms with Gasteiger partial charge in [0.25, 0.3) is 5.56 Å². The molecular weight excluding hydrogens is 435 g/mol. The summed E-state index contributed by atoms with van der Waals surface area (Å²) < 4.78 is 6.75. The van der Waals surface area contributed by atoms with Gasteiger partial charge in [0.05, 0.1) is 39.3 Å². The summed E-state index contributed by atoms with van der Waals surface area (Å²) in [4.78, 5) is 34.0. The molecule has 3 rings (SSSR count). The predicted molar refractivity (Wildman–Crippen MR) is 116 cm³/mol. The van der Waals surface area contributed by atoms with Crippen LogP contribution >= 0.6 is 35.0 Å². The van der Waals surface area contributed by atoms with Gasteiger partial charge in [0.15, 0.2) is 11.0 Å². The first-order valence-corrected chi connectivity index (χ1v) is 10.4. The van der Waals surface area contributed by atoms with Crippen molar-refractivity contribution in [3.05, 3.63) is 56.9 Å². The molecule has 0 saturated carbocycles. The highest BCUT2D eigenvalue weighted by atomic mass is 35.5. The molecule has 0 aliphatic carbocycles. The second-order valence-electron chi connectivity index (χ2n) is 6.21. The topological polar surface area (TPSA) is 86.1 Å². The number of aromatic nitrogens is 3.